The Morgan fingerprint density at radius 2 is 1.69 bits per heavy atom. The molecule has 136 valence electrons. The quantitative estimate of drug-likeness (QED) is 0.747. The second-order valence-electron chi connectivity index (χ2n) is 8.57. The molecule has 0 saturated heterocycles. The molecular formula is C23H27NO2. The molecule has 1 aliphatic rings. The number of aromatic carboxylic acids is 1. The van der Waals surface area contributed by atoms with Gasteiger partial charge in [-0.3, -0.25) is 0 Å². The second-order valence-corrected chi connectivity index (χ2v) is 8.57. The Morgan fingerprint density at radius 3 is 2.23 bits per heavy atom. The molecule has 1 N–H and O–H groups in total. The van der Waals surface area contributed by atoms with Crippen molar-refractivity contribution in [3.63, 3.8) is 0 Å². The SMILES string of the molecule is C=CC(c1ccc(C(=O)O)nc1)c1ccc2c(c1)C(C)(C)CCC2(C)C. The van der Waals surface area contributed by atoms with Gasteiger partial charge in [0.25, 0.3) is 0 Å². The van der Waals surface area contributed by atoms with Crippen LogP contribution in [0.4, 0.5) is 0 Å². The van der Waals surface area contributed by atoms with Crippen LogP contribution in [-0.4, -0.2) is 16.1 Å². The molecular weight excluding hydrogens is 322 g/mol. The molecule has 1 aliphatic carbocycles. The van der Waals surface area contributed by atoms with E-state index in [0.29, 0.717) is 0 Å². The molecule has 1 aromatic carbocycles. The minimum Gasteiger partial charge on any atom is -0.477 e. The number of aromatic nitrogens is 1. The van der Waals surface area contributed by atoms with E-state index in [-0.39, 0.29) is 22.4 Å². The van der Waals surface area contributed by atoms with Crippen LogP contribution in [-0.2, 0) is 10.8 Å². The van der Waals surface area contributed by atoms with E-state index in [0.717, 1.165) is 5.56 Å². The number of carbonyl (C=O) groups is 1. The zero-order valence-electron chi connectivity index (χ0n) is 16.0. The highest BCUT2D eigenvalue weighted by molar-refractivity contribution is 5.85. The maximum atomic E-state index is 11.0. The van der Waals surface area contributed by atoms with Gasteiger partial charge in [-0.1, -0.05) is 58.0 Å². The molecule has 26 heavy (non-hydrogen) atoms. The molecule has 0 radical (unpaired) electrons. The lowest BCUT2D eigenvalue weighted by molar-refractivity contribution is 0.0690. The smallest absolute Gasteiger partial charge is 0.354 e. The first-order valence-corrected chi connectivity index (χ1v) is 9.12. The number of pyridine rings is 1. The van der Waals surface area contributed by atoms with Crippen molar-refractivity contribution in [1.29, 1.82) is 0 Å². The van der Waals surface area contributed by atoms with Crippen molar-refractivity contribution < 1.29 is 9.90 Å². The van der Waals surface area contributed by atoms with E-state index in [1.807, 2.05) is 12.1 Å². The summed E-state index contributed by atoms with van der Waals surface area (Å²) in [6.45, 7) is 13.3. The molecule has 0 amide bonds. The number of carboxylic acid groups (broad SMARTS) is 1. The van der Waals surface area contributed by atoms with Gasteiger partial charge in [-0.25, -0.2) is 9.78 Å². The van der Waals surface area contributed by atoms with E-state index in [9.17, 15) is 4.79 Å². The lowest BCUT2D eigenvalue weighted by Gasteiger charge is -2.42. The van der Waals surface area contributed by atoms with Gasteiger partial charge in [0, 0.05) is 12.1 Å². The van der Waals surface area contributed by atoms with Crippen LogP contribution in [0.1, 0.15) is 79.2 Å². The highest BCUT2D eigenvalue weighted by Crippen LogP contribution is 2.46. The van der Waals surface area contributed by atoms with E-state index < -0.39 is 5.97 Å². The number of allylic oxidation sites excluding steroid dienone is 1. The van der Waals surface area contributed by atoms with Crippen LogP contribution < -0.4 is 0 Å². The van der Waals surface area contributed by atoms with E-state index in [2.05, 4.69) is 57.5 Å². The molecule has 3 nitrogen and oxygen atoms in total. The van der Waals surface area contributed by atoms with Gasteiger partial charge in [0.05, 0.1) is 0 Å². The number of carboxylic acids is 1. The molecule has 1 heterocycles. The van der Waals surface area contributed by atoms with Crippen molar-refractivity contribution in [1.82, 2.24) is 4.98 Å². The van der Waals surface area contributed by atoms with Crippen LogP contribution in [0, 0.1) is 0 Å². The average molecular weight is 349 g/mol. The monoisotopic (exact) mass is 349 g/mol. The second kappa shape index (κ2) is 6.39. The molecule has 2 aromatic rings. The highest BCUT2D eigenvalue weighted by Gasteiger charge is 2.37. The highest BCUT2D eigenvalue weighted by atomic mass is 16.4. The Balaban J connectivity index is 2.05. The van der Waals surface area contributed by atoms with Crippen molar-refractivity contribution in [3.8, 4) is 0 Å². The number of hydrogen-bond donors (Lipinski definition) is 1. The predicted octanol–water partition coefficient (Wildman–Crippen LogP) is 5.45. The van der Waals surface area contributed by atoms with E-state index in [1.165, 1.54) is 29.5 Å². The third-order valence-electron chi connectivity index (χ3n) is 5.84. The summed E-state index contributed by atoms with van der Waals surface area (Å²) in [5, 5.41) is 9.04. The molecule has 0 aliphatic heterocycles. The minimum atomic E-state index is -1.01. The average Bonchev–Trinajstić information content (AvgIpc) is 2.60. The lowest BCUT2D eigenvalue weighted by atomic mass is 9.62. The van der Waals surface area contributed by atoms with Gasteiger partial charge in [0.2, 0.25) is 0 Å². The molecule has 1 aromatic heterocycles. The molecule has 0 spiro atoms. The molecule has 1 unspecified atom stereocenters. The summed E-state index contributed by atoms with van der Waals surface area (Å²) >= 11 is 0. The summed E-state index contributed by atoms with van der Waals surface area (Å²) < 4.78 is 0. The molecule has 0 fully saturated rings. The largest absolute Gasteiger partial charge is 0.477 e. The molecule has 0 saturated carbocycles. The van der Waals surface area contributed by atoms with Crippen LogP contribution in [0.25, 0.3) is 0 Å². The maximum absolute atomic E-state index is 11.0. The molecule has 0 bridgehead atoms. The Hall–Kier alpha value is -2.42. The fraction of sp³-hybridized carbons (Fsp3) is 0.391. The van der Waals surface area contributed by atoms with Gasteiger partial charge in [-0.15, -0.1) is 6.58 Å². The van der Waals surface area contributed by atoms with Gasteiger partial charge in [0.1, 0.15) is 5.69 Å². The fourth-order valence-corrected chi connectivity index (χ4v) is 3.98. The number of hydrogen-bond acceptors (Lipinski definition) is 2. The Morgan fingerprint density at radius 1 is 1.08 bits per heavy atom. The summed E-state index contributed by atoms with van der Waals surface area (Å²) in [5.41, 5.74) is 5.38. The van der Waals surface area contributed by atoms with Gasteiger partial charge in [-0.2, -0.15) is 0 Å². The van der Waals surface area contributed by atoms with Gasteiger partial charge in [-0.05, 0) is 52.0 Å². The number of fused-ring (bicyclic) bond motifs is 1. The minimum absolute atomic E-state index is 0.00326. The normalized spacial score (nSPS) is 18.6. The van der Waals surface area contributed by atoms with Crippen molar-refractivity contribution in [2.24, 2.45) is 0 Å². The van der Waals surface area contributed by atoms with Crippen LogP contribution in [0.5, 0.6) is 0 Å². The fourth-order valence-electron chi connectivity index (χ4n) is 3.98. The Labute approximate surface area is 155 Å². The van der Waals surface area contributed by atoms with Gasteiger partial charge < -0.3 is 5.11 Å². The summed E-state index contributed by atoms with van der Waals surface area (Å²) in [7, 11) is 0. The summed E-state index contributed by atoms with van der Waals surface area (Å²) in [4.78, 5) is 15.1. The first-order valence-electron chi connectivity index (χ1n) is 9.12. The van der Waals surface area contributed by atoms with Crippen molar-refractivity contribution in [3.05, 3.63) is 77.1 Å². The van der Waals surface area contributed by atoms with Crippen molar-refractivity contribution >= 4 is 5.97 Å². The maximum Gasteiger partial charge on any atom is 0.354 e. The number of rotatable bonds is 4. The third-order valence-corrected chi connectivity index (χ3v) is 5.84. The Bertz CT molecular complexity index is 847. The molecule has 3 rings (SSSR count). The zero-order chi connectivity index (χ0) is 19.1. The number of benzene rings is 1. The molecule has 3 heteroatoms. The van der Waals surface area contributed by atoms with Gasteiger partial charge in [0.15, 0.2) is 0 Å². The summed E-state index contributed by atoms with van der Waals surface area (Å²) in [6.07, 6.45) is 5.91. The van der Waals surface area contributed by atoms with Crippen LogP contribution in [0.2, 0.25) is 0 Å². The first kappa shape index (κ1) is 18.4. The third kappa shape index (κ3) is 3.18. The van der Waals surface area contributed by atoms with E-state index in [1.54, 1.807) is 12.3 Å². The van der Waals surface area contributed by atoms with Crippen molar-refractivity contribution in [2.45, 2.75) is 57.3 Å². The predicted molar refractivity (Wildman–Crippen MR) is 105 cm³/mol. The van der Waals surface area contributed by atoms with Crippen LogP contribution in [0.3, 0.4) is 0 Å². The van der Waals surface area contributed by atoms with Gasteiger partial charge >= 0.3 is 5.97 Å². The lowest BCUT2D eigenvalue weighted by Crippen LogP contribution is -2.34. The first-order chi connectivity index (χ1) is 12.2. The summed E-state index contributed by atoms with van der Waals surface area (Å²) in [5.74, 6) is -1.01. The van der Waals surface area contributed by atoms with Crippen LogP contribution >= 0.6 is 0 Å². The molecule has 1 atom stereocenters. The van der Waals surface area contributed by atoms with Crippen molar-refractivity contribution in [2.75, 3.05) is 0 Å². The summed E-state index contributed by atoms with van der Waals surface area (Å²) in [6, 6.07) is 10.1. The van der Waals surface area contributed by atoms with Crippen LogP contribution in [0.15, 0.2) is 49.2 Å². The standard InChI is InChI=1S/C23H27NO2/c1-6-17(16-8-10-20(21(25)26)24-14-16)15-7-9-18-19(13-15)23(4,5)12-11-22(18,2)3/h6-10,13-14,17H,1,11-12H2,2-5H3,(H,25,26). The topological polar surface area (TPSA) is 50.2 Å². The number of nitrogens with zero attached hydrogens (tertiary/aromatic N) is 1. The Kier molecular flexibility index (Phi) is 4.51. The zero-order valence-corrected chi connectivity index (χ0v) is 16.0. The van der Waals surface area contributed by atoms with E-state index >= 15 is 0 Å². The van der Waals surface area contributed by atoms with E-state index in [4.69, 9.17) is 5.11 Å².